The number of rotatable bonds is 14. The summed E-state index contributed by atoms with van der Waals surface area (Å²) in [5, 5.41) is 12.2. The molecule has 0 radical (unpaired) electrons. The fourth-order valence-corrected chi connectivity index (χ4v) is 7.72. The average molecular weight is 631 g/mol. The normalized spacial score (nSPS) is 18.2. The van der Waals surface area contributed by atoms with Gasteiger partial charge in [-0.2, -0.15) is 11.8 Å². The van der Waals surface area contributed by atoms with Crippen LogP contribution in [0.5, 0.6) is 0 Å². The largest absolute Gasteiger partial charge is 0.480 e. The molecule has 1 aliphatic carbocycles. The van der Waals surface area contributed by atoms with E-state index in [1.54, 1.807) is 6.07 Å². The van der Waals surface area contributed by atoms with Crippen LogP contribution in [0.25, 0.3) is 11.1 Å². The van der Waals surface area contributed by atoms with E-state index in [0.717, 1.165) is 60.5 Å². The number of amides is 1. The molecule has 43 heavy (non-hydrogen) atoms. The van der Waals surface area contributed by atoms with E-state index >= 15 is 0 Å². The first-order valence-electron chi connectivity index (χ1n) is 15.4. The average Bonchev–Trinajstić information content (AvgIpc) is 2.98. The Labute approximate surface area is 260 Å². The zero-order valence-corrected chi connectivity index (χ0v) is 27.1. The number of carboxylic acids is 1. The minimum Gasteiger partial charge on any atom is -0.480 e. The maximum absolute atomic E-state index is 13.4. The molecule has 1 unspecified atom stereocenters. The van der Waals surface area contributed by atoms with Gasteiger partial charge in [-0.3, -0.25) is 9.69 Å². The van der Waals surface area contributed by atoms with Gasteiger partial charge in [0.15, 0.2) is 0 Å². The summed E-state index contributed by atoms with van der Waals surface area (Å²) in [6.45, 7) is 5.53. The van der Waals surface area contributed by atoms with Gasteiger partial charge in [-0.1, -0.05) is 62.4 Å². The summed E-state index contributed by atoms with van der Waals surface area (Å²) in [5.74, 6) is 0.882. The number of aliphatic carboxylic acids is 1. The van der Waals surface area contributed by atoms with Crippen molar-refractivity contribution in [3.8, 4) is 11.1 Å². The highest BCUT2D eigenvalue weighted by Crippen LogP contribution is 2.31. The van der Waals surface area contributed by atoms with Crippen molar-refractivity contribution in [3.05, 3.63) is 59.2 Å². The Morgan fingerprint density at radius 2 is 1.79 bits per heavy atom. The molecule has 1 aliphatic heterocycles. The van der Waals surface area contributed by atoms with Crippen LogP contribution >= 0.6 is 11.8 Å². The molecule has 2 aromatic carbocycles. The zero-order chi connectivity index (χ0) is 30.8. The van der Waals surface area contributed by atoms with E-state index in [4.69, 9.17) is 4.74 Å². The smallest absolute Gasteiger partial charge is 0.326 e. The van der Waals surface area contributed by atoms with Crippen molar-refractivity contribution in [1.82, 2.24) is 10.2 Å². The fraction of sp³-hybridized carbons (Fsp3) is 0.576. The molecule has 0 spiro atoms. The van der Waals surface area contributed by atoms with Crippen LogP contribution in [0, 0.1) is 12.8 Å². The van der Waals surface area contributed by atoms with E-state index in [9.17, 15) is 23.1 Å². The lowest BCUT2D eigenvalue weighted by Crippen LogP contribution is -2.42. The minimum atomic E-state index is -3.38. The molecular weight excluding hydrogens is 585 g/mol. The number of hydrogen-bond donors (Lipinski definition) is 2. The lowest BCUT2D eigenvalue weighted by molar-refractivity contribution is -0.139. The third kappa shape index (κ3) is 10.6. The molecule has 2 atom stereocenters. The van der Waals surface area contributed by atoms with E-state index in [-0.39, 0.29) is 18.3 Å². The molecule has 0 aromatic heterocycles. The molecule has 1 amide bonds. The predicted molar refractivity (Wildman–Crippen MR) is 173 cm³/mol. The van der Waals surface area contributed by atoms with Gasteiger partial charge < -0.3 is 15.2 Å². The number of carboxylic acid groups (broad SMARTS) is 1. The lowest BCUT2D eigenvalue weighted by atomic mass is 9.85. The van der Waals surface area contributed by atoms with Gasteiger partial charge in [-0.05, 0) is 60.1 Å². The first-order valence-corrected chi connectivity index (χ1v) is 18.6. The van der Waals surface area contributed by atoms with Gasteiger partial charge in [-0.15, -0.1) is 0 Å². The van der Waals surface area contributed by atoms with Crippen LogP contribution in [0.1, 0.15) is 66.4 Å². The molecule has 2 aromatic rings. The molecule has 2 fully saturated rings. The van der Waals surface area contributed by atoms with Crippen LogP contribution in [-0.2, 0) is 26.0 Å². The Morgan fingerprint density at radius 1 is 1.07 bits per heavy atom. The third-order valence-electron chi connectivity index (χ3n) is 8.52. The van der Waals surface area contributed by atoms with Gasteiger partial charge in [0.2, 0.25) is 0 Å². The summed E-state index contributed by atoms with van der Waals surface area (Å²) in [6, 6.07) is 12.0. The summed E-state index contributed by atoms with van der Waals surface area (Å²) in [5.41, 5.74) is 3.85. The van der Waals surface area contributed by atoms with E-state index in [0.29, 0.717) is 23.7 Å². The molecule has 236 valence electrons. The highest BCUT2D eigenvalue weighted by molar-refractivity contribution is 7.99. The first kappa shape index (κ1) is 33.5. The second kappa shape index (κ2) is 16.1. The number of sulfone groups is 1. The maximum atomic E-state index is 13.4. The molecule has 1 saturated heterocycles. The fourth-order valence-electron chi connectivity index (χ4n) is 6.08. The second-order valence-corrected chi connectivity index (χ2v) is 15.5. The second-order valence-electron chi connectivity index (χ2n) is 12.1. The summed E-state index contributed by atoms with van der Waals surface area (Å²) >= 11 is 2.01. The molecule has 0 bridgehead atoms. The number of thioether (sulfide) groups is 1. The molecule has 4 rings (SSSR count). The Kier molecular flexibility index (Phi) is 12.5. The van der Waals surface area contributed by atoms with Crippen LogP contribution in [0.4, 0.5) is 0 Å². The van der Waals surface area contributed by atoms with Crippen molar-refractivity contribution in [2.24, 2.45) is 5.92 Å². The highest BCUT2D eigenvalue weighted by atomic mass is 32.2. The predicted octanol–water partition coefficient (Wildman–Crippen LogP) is 5.18. The first-order chi connectivity index (χ1) is 20.6. The summed E-state index contributed by atoms with van der Waals surface area (Å²) in [7, 11) is -3.38. The van der Waals surface area contributed by atoms with Crippen molar-refractivity contribution in [1.29, 1.82) is 0 Å². The topological polar surface area (TPSA) is 113 Å². The van der Waals surface area contributed by atoms with Crippen molar-refractivity contribution in [2.75, 3.05) is 43.1 Å². The third-order valence-corrected chi connectivity index (χ3v) is 10.4. The molecule has 10 heteroatoms. The number of nitrogens with one attached hydrogen (secondary N) is 1. The minimum absolute atomic E-state index is 0.141. The monoisotopic (exact) mass is 630 g/mol. The summed E-state index contributed by atoms with van der Waals surface area (Å²) < 4.78 is 29.9. The quantitative estimate of drug-likeness (QED) is 0.294. The van der Waals surface area contributed by atoms with Crippen molar-refractivity contribution >= 4 is 33.5 Å². The number of ether oxygens (including phenoxy) is 1. The van der Waals surface area contributed by atoms with E-state index in [1.165, 1.54) is 32.1 Å². The van der Waals surface area contributed by atoms with Gasteiger partial charge in [0, 0.05) is 43.0 Å². The molecule has 8 nitrogen and oxygen atoms in total. The van der Waals surface area contributed by atoms with Crippen LogP contribution in [0.3, 0.4) is 0 Å². The molecule has 2 aliphatic rings. The number of benzene rings is 2. The molecular formula is C33H46N2O6S2. The van der Waals surface area contributed by atoms with Gasteiger partial charge in [0.1, 0.15) is 15.9 Å². The number of nitrogens with zero attached hydrogens (tertiary/aromatic N) is 1. The van der Waals surface area contributed by atoms with Crippen LogP contribution in [0.15, 0.2) is 42.5 Å². The number of carbonyl (C=O) groups is 2. The number of carbonyl (C=O) groups excluding carboxylic acids is 1. The Morgan fingerprint density at radius 3 is 2.47 bits per heavy atom. The van der Waals surface area contributed by atoms with E-state index in [1.807, 2.05) is 55.1 Å². The van der Waals surface area contributed by atoms with Gasteiger partial charge >= 0.3 is 5.97 Å². The zero-order valence-electron chi connectivity index (χ0n) is 25.4. The van der Waals surface area contributed by atoms with Gasteiger partial charge in [-0.25, -0.2) is 13.2 Å². The van der Waals surface area contributed by atoms with Crippen molar-refractivity contribution < 1.29 is 27.9 Å². The van der Waals surface area contributed by atoms with E-state index < -0.39 is 27.8 Å². The SMILES string of the molecule is Cc1ccccc1-c1cc(COC(CC2CCCCC2)CN2CCSCC2)ccc1C(=O)N[C@@H](CCS(C)(=O)=O)C(=O)O. The van der Waals surface area contributed by atoms with Crippen LogP contribution in [-0.4, -0.2) is 85.6 Å². The van der Waals surface area contributed by atoms with Crippen molar-refractivity contribution in [3.63, 3.8) is 0 Å². The van der Waals surface area contributed by atoms with Gasteiger partial charge in [0.05, 0.1) is 18.5 Å². The molecule has 2 N–H and O–H groups in total. The highest BCUT2D eigenvalue weighted by Gasteiger charge is 2.26. The van der Waals surface area contributed by atoms with Crippen LogP contribution < -0.4 is 5.32 Å². The summed E-state index contributed by atoms with van der Waals surface area (Å²) in [6.07, 6.45) is 8.55. The van der Waals surface area contributed by atoms with Crippen LogP contribution in [0.2, 0.25) is 0 Å². The standard InChI is InChI=1S/C33H46N2O6S2/c1-24-8-6-7-11-28(24)30-21-26(12-13-29(30)32(36)34-31(33(37)38)14-19-43(2,39)40)23-41-27(20-25-9-4-3-5-10-25)22-35-15-17-42-18-16-35/h6-8,11-13,21,25,27,31H,3-5,9-10,14-20,22-23H2,1-2H3,(H,34,36)(H,37,38)/t27?,31-/m0/s1. The van der Waals surface area contributed by atoms with Gasteiger partial charge in [0.25, 0.3) is 5.91 Å². The van der Waals surface area contributed by atoms with E-state index in [2.05, 4.69) is 10.2 Å². The van der Waals surface area contributed by atoms with Crippen molar-refractivity contribution in [2.45, 2.75) is 70.6 Å². The lowest BCUT2D eigenvalue weighted by Gasteiger charge is -2.33. The number of aryl methyl sites for hydroxylation is 1. The number of hydrogen-bond acceptors (Lipinski definition) is 7. The molecule has 1 heterocycles. The maximum Gasteiger partial charge on any atom is 0.326 e. The Hall–Kier alpha value is -2.40. The summed E-state index contributed by atoms with van der Waals surface area (Å²) in [4.78, 5) is 27.8. The Balaban J connectivity index is 1.54. The molecule has 1 saturated carbocycles. The Bertz CT molecular complexity index is 1320.